The number of aryl methyl sites for hydroxylation is 1. The van der Waals surface area contributed by atoms with Crippen molar-refractivity contribution in [3.63, 3.8) is 0 Å². The Kier molecular flexibility index (Phi) is 4.60. The van der Waals surface area contributed by atoms with E-state index in [2.05, 4.69) is 45.7 Å². The highest BCUT2D eigenvalue weighted by Crippen LogP contribution is 2.26. The molecule has 0 atom stereocenters. The third-order valence-corrected chi connectivity index (χ3v) is 5.77. The minimum absolute atomic E-state index is 0.0516. The molecule has 8 heteroatoms. The molecule has 4 rings (SSSR count). The summed E-state index contributed by atoms with van der Waals surface area (Å²) in [4.78, 5) is 17.4. The lowest BCUT2D eigenvalue weighted by Gasteiger charge is -2.07. The van der Waals surface area contributed by atoms with Crippen molar-refractivity contribution in [1.29, 1.82) is 0 Å². The lowest BCUT2D eigenvalue weighted by atomic mass is 10.1. The average Bonchev–Trinajstić information content (AvgIpc) is 3.26. The first-order chi connectivity index (χ1) is 12.7. The fraction of sp³-hybridized carbons (Fsp3) is 0.222. The molecule has 4 aromatic rings. The van der Waals surface area contributed by atoms with Gasteiger partial charge in [0.2, 0.25) is 0 Å². The average molecular weight is 384 g/mol. The first kappa shape index (κ1) is 17.0. The SMILES string of the molecule is CCn1c(SCc2cc(=O)n3ccsc3n2)nnc1-c1cccc(C)c1. The van der Waals surface area contributed by atoms with E-state index in [0.717, 1.165) is 28.8 Å². The fourth-order valence-electron chi connectivity index (χ4n) is 2.78. The van der Waals surface area contributed by atoms with Gasteiger partial charge in [0.15, 0.2) is 15.9 Å². The van der Waals surface area contributed by atoms with E-state index in [4.69, 9.17) is 0 Å². The van der Waals surface area contributed by atoms with Crippen LogP contribution in [0.3, 0.4) is 0 Å². The molecule has 0 spiro atoms. The minimum Gasteiger partial charge on any atom is -0.302 e. The van der Waals surface area contributed by atoms with Crippen LogP contribution in [0.1, 0.15) is 18.2 Å². The number of rotatable bonds is 5. The van der Waals surface area contributed by atoms with Gasteiger partial charge in [-0.1, -0.05) is 35.5 Å². The molecule has 3 heterocycles. The highest BCUT2D eigenvalue weighted by Gasteiger charge is 2.14. The molecule has 1 aromatic carbocycles. The molecule has 0 aliphatic rings. The third-order valence-electron chi connectivity index (χ3n) is 4.01. The Morgan fingerprint density at radius 2 is 2.12 bits per heavy atom. The van der Waals surface area contributed by atoms with Crippen LogP contribution in [-0.2, 0) is 12.3 Å². The summed E-state index contributed by atoms with van der Waals surface area (Å²) in [6.45, 7) is 4.92. The first-order valence-electron chi connectivity index (χ1n) is 8.24. The van der Waals surface area contributed by atoms with Crippen LogP contribution in [0.5, 0.6) is 0 Å². The van der Waals surface area contributed by atoms with Gasteiger partial charge in [0.25, 0.3) is 5.56 Å². The standard InChI is InChI=1S/C18H17N5OS2/c1-3-22-16(13-6-4-5-12(2)9-13)20-21-18(22)26-11-14-10-15(24)23-7-8-25-17(23)19-14/h4-10H,3,11H2,1-2H3. The second kappa shape index (κ2) is 7.05. The van der Waals surface area contributed by atoms with Crippen molar-refractivity contribution in [2.75, 3.05) is 0 Å². The fourth-order valence-corrected chi connectivity index (χ4v) is 4.41. The highest BCUT2D eigenvalue weighted by molar-refractivity contribution is 7.98. The Bertz CT molecular complexity index is 1130. The lowest BCUT2D eigenvalue weighted by molar-refractivity contribution is 0.687. The van der Waals surface area contributed by atoms with Crippen LogP contribution in [-0.4, -0.2) is 24.1 Å². The number of nitrogens with zero attached hydrogens (tertiary/aromatic N) is 5. The van der Waals surface area contributed by atoms with E-state index >= 15 is 0 Å². The van der Waals surface area contributed by atoms with Gasteiger partial charge < -0.3 is 4.57 Å². The zero-order valence-electron chi connectivity index (χ0n) is 14.4. The molecular weight excluding hydrogens is 366 g/mol. The summed E-state index contributed by atoms with van der Waals surface area (Å²) in [5.41, 5.74) is 2.95. The van der Waals surface area contributed by atoms with E-state index in [9.17, 15) is 4.79 Å². The van der Waals surface area contributed by atoms with Gasteiger partial charge in [0.05, 0.1) is 5.69 Å². The molecule has 132 valence electrons. The number of benzene rings is 1. The molecule has 26 heavy (non-hydrogen) atoms. The van der Waals surface area contributed by atoms with Gasteiger partial charge in [0, 0.05) is 35.5 Å². The zero-order valence-corrected chi connectivity index (χ0v) is 16.0. The summed E-state index contributed by atoms with van der Waals surface area (Å²) >= 11 is 3.00. The van der Waals surface area contributed by atoms with Gasteiger partial charge in [-0.2, -0.15) is 0 Å². The number of thiazole rings is 1. The maximum atomic E-state index is 12.1. The van der Waals surface area contributed by atoms with Crippen molar-refractivity contribution in [3.8, 4) is 11.4 Å². The smallest absolute Gasteiger partial charge is 0.258 e. The van der Waals surface area contributed by atoms with Gasteiger partial charge in [-0.3, -0.25) is 9.20 Å². The predicted molar refractivity (Wildman–Crippen MR) is 105 cm³/mol. The Morgan fingerprint density at radius 3 is 2.92 bits per heavy atom. The van der Waals surface area contributed by atoms with Gasteiger partial charge >= 0.3 is 0 Å². The van der Waals surface area contributed by atoms with Crippen LogP contribution >= 0.6 is 23.1 Å². The molecule has 0 N–H and O–H groups in total. The number of hydrogen-bond acceptors (Lipinski definition) is 6. The van der Waals surface area contributed by atoms with Gasteiger partial charge in [-0.15, -0.1) is 21.5 Å². The van der Waals surface area contributed by atoms with Crippen LogP contribution in [0, 0.1) is 6.92 Å². The number of fused-ring (bicyclic) bond motifs is 1. The minimum atomic E-state index is -0.0516. The number of thioether (sulfide) groups is 1. The molecule has 0 fully saturated rings. The van der Waals surface area contributed by atoms with E-state index in [1.807, 2.05) is 17.5 Å². The molecular formula is C18H17N5OS2. The van der Waals surface area contributed by atoms with Crippen LogP contribution in [0.2, 0.25) is 0 Å². The molecule has 0 aliphatic heterocycles. The largest absolute Gasteiger partial charge is 0.302 e. The summed E-state index contributed by atoms with van der Waals surface area (Å²) < 4.78 is 3.65. The van der Waals surface area contributed by atoms with E-state index in [1.54, 1.807) is 28.4 Å². The monoisotopic (exact) mass is 383 g/mol. The van der Waals surface area contributed by atoms with Crippen LogP contribution in [0.15, 0.2) is 51.9 Å². The molecule has 0 amide bonds. The van der Waals surface area contributed by atoms with E-state index in [-0.39, 0.29) is 5.56 Å². The summed E-state index contributed by atoms with van der Waals surface area (Å²) in [7, 11) is 0. The van der Waals surface area contributed by atoms with Crippen LogP contribution in [0.25, 0.3) is 16.3 Å². The molecule has 0 aliphatic carbocycles. The Hall–Kier alpha value is -2.45. The van der Waals surface area contributed by atoms with Gasteiger partial charge in [-0.25, -0.2) is 4.98 Å². The normalized spacial score (nSPS) is 11.3. The summed E-state index contributed by atoms with van der Waals surface area (Å²) in [5, 5.41) is 11.4. The van der Waals surface area contributed by atoms with Crippen molar-refractivity contribution in [3.05, 3.63) is 63.5 Å². The van der Waals surface area contributed by atoms with Gasteiger partial charge in [0.1, 0.15) is 0 Å². The maximum Gasteiger partial charge on any atom is 0.258 e. The van der Waals surface area contributed by atoms with Crippen molar-refractivity contribution in [1.82, 2.24) is 24.1 Å². The maximum absolute atomic E-state index is 12.1. The third kappa shape index (κ3) is 3.17. The lowest BCUT2D eigenvalue weighted by Crippen LogP contribution is -2.12. The Labute approximate surface area is 158 Å². The predicted octanol–water partition coefficient (Wildman–Crippen LogP) is 3.64. The first-order valence-corrected chi connectivity index (χ1v) is 10.1. The van der Waals surface area contributed by atoms with Crippen LogP contribution in [0.4, 0.5) is 0 Å². The number of hydrogen-bond donors (Lipinski definition) is 0. The summed E-state index contributed by atoms with van der Waals surface area (Å²) in [6, 6.07) is 9.83. The molecule has 0 bridgehead atoms. The second-order valence-electron chi connectivity index (χ2n) is 5.85. The molecule has 0 saturated carbocycles. The second-order valence-corrected chi connectivity index (χ2v) is 7.67. The molecule has 0 unspecified atom stereocenters. The molecule has 0 saturated heterocycles. The van der Waals surface area contributed by atoms with E-state index in [0.29, 0.717) is 10.7 Å². The highest BCUT2D eigenvalue weighted by atomic mass is 32.2. The topological polar surface area (TPSA) is 65.1 Å². The van der Waals surface area contributed by atoms with Crippen molar-refractivity contribution >= 4 is 28.1 Å². The summed E-state index contributed by atoms with van der Waals surface area (Å²) in [5.74, 6) is 1.44. The van der Waals surface area contributed by atoms with E-state index in [1.165, 1.54) is 16.9 Å². The Morgan fingerprint density at radius 1 is 1.23 bits per heavy atom. The number of aromatic nitrogens is 5. The van der Waals surface area contributed by atoms with E-state index < -0.39 is 0 Å². The quantitative estimate of drug-likeness (QED) is 0.492. The van der Waals surface area contributed by atoms with Gasteiger partial charge in [-0.05, 0) is 19.9 Å². The van der Waals surface area contributed by atoms with Crippen molar-refractivity contribution in [2.45, 2.75) is 31.3 Å². The Balaban J connectivity index is 1.61. The van der Waals surface area contributed by atoms with Crippen LogP contribution < -0.4 is 5.56 Å². The summed E-state index contributed by atoms with van der Waals surface area (Å²) in [6.07, 6.45) is 1.74. The molecule has 0 radical (unpaired) electrons. The molecule has 6 nitrogen and oxygen atoms in total. The zero-order chi connectivity index (χ0) is 18.1. The molecule has 3 aromatic heterocycles. The van der Waals surface area contributed by atoms with Crippen molar-refractivity contribution in [2.24, 2.45) is 0 Å². The van der Waals surface area contributed by atoms with Crippen molar-refractivity contribution < 1.29 is 0 Å².